The molecule has 0 amide bonds. The van der Waals surface area contributed by atoms with Gasteiger partial charge in [-0.15, -0.1) is 0 Å². The Bertz CT molecular complexity index is 1090. The van der Waals surface area contributed by atoms with Crippen LogP contribution in [0.3, 0.4) is 0 Å². The van der Waals surface area contributed by atoms with Gasteiger partial charge in [0.1, 0.15) is 22.8 Å². The summed E-state index contributed by atoms with van der Waals surface area (Å²) >= 11 is 1.05. The highest BCUT2D eigenvalue weighted by atomic mass is 32.2. The molecule has 30 heavy (non-hydrogen) atoms. The Balaban J connectivity index is 1.80. The summed E-state index contributed by atoms with van der Waals surface area (Å²) in [5.74, 6) is 0.718. The fraction of sp³-hybridized carbons (Fsp3) is 0.300. The molecule has 1 aromatic heterocycles. The second kappa shape index (κ2) is 9.50. The number of halogens is 1. The fourth-order valence-electron chi connectivity index (χ4n) is 2.88. The number of nitrogens with two attached hydrogens (primary N) is 1. The van der Waals surface area contributed by atoms with Crippen molar-refractivity contribution in [3.8, 4) is 5.75 Å². The van der Waals surface area contributed by atoms with Gasteiger partial charge in [-0.1, -0.05) is 12.1 Å². The zero-order chi connectivity index (χ0) is 21.7. The monoisotopic (exact) mass is 450 g/mol. The number of hydrogen-bond acceptors (Lipinski definition) is 8. The predicted octanol–water partition coefficient (Wildman–Crippen LogP) is 3.23. The van der Waals surface area contributed by atoms with E-state index >= 15 is 0 Å². The minimum Gasteiger partial charge on any atom is -0.497 e. The molecular formula is C20H23FN4O3S2. The summed E-state index contributed by atoms with van der Waals surface area (Å²) in [6, 6.07) is 12.0. The first kappa shape index (κ1) is 22.1. The molecule has 0 radical (unpaired) electrons. The van der Waals surface area contributed by atoms with Crippen molar-refractivity contribution in [2.24, 2.45) is 5.73 Å². The largest absolute Gasteiger partial charge is 0.497 e. The van der Waals surface area contributed by atoms with Gasteiger partial charge in [-0.2, -0.15) is 4.37 Å². The highest BCUT2D eigenvalue weighted by molar-refractivity contribution is 7.92. The van der Waals surface area contributed by atoms with Gasteiger partial charge in [-0.3, -0.25) is 0 Å². The van der Waals surface area contributed by atoms with Crippen LogP contribution in [0.15, 0.2) is 53.4 Å². The Labute approximate surface area is 179 Å². The number of aromatic nitrogens is 2. The van der Waals surface area contributed by atoms with Crippen LogP contribution < -0.4 is 15.8 Å². The van der Waals surface area contributed by atoms with Gasteiger partial charge in [0.05, 0.1) is 12.0 Å². The van der Waals surface area contributed by atoms with Crippen molar-refractivity contribution in [1.82, 2.24) is 9.36 Å². The predicted molar refractivity (Wildman–Crippen MR) is 115 cm³/mol. The van der Waals surface area contributed by atoms with E-state index in [1.54, 1.807) is 31.2 Å². The summed E-state index contributed by atoms with van der Waals surface area (Å²) in [6.45, 7) is 1.74. The quantitative estimate of drug-likeness (QED) is 0.515. The maximum absolute atomic E-state index is 13.4. The van der Waals surface area contributed by atoms with Crippen LogP contribution in [0.4, 0.5) is 9.52 Å². The van der Waals surface area contributed by atoms with Crippen LogP contribution in [-0.4, -0.2) is 36.3 Å². The summed E-state index contributed by atoms with van der Waals surface area (Å²) in [7, 11) is -2.22. The van der Waals surface area contributed by atoms with Gasteiger partial charge in [0.2, 0.25) is 5.13 Å². The van der Waals surface area contributed by atoms with Crippen LogP contribution >= 0.6 is 11.5 Å². The lowest BCUT2D eigenvalue weighted by atomic mass is 10.1. The molecule has 0 bridgehead atoms. The van der Waals surface area contributed by atoms with Crippen LogP contribution in [0, 0.1) is 5.82 Å². The number of hydrogen-bond donors (Lipinski definition) is 2. The Morgan fingerprint density at radius 3 is 2.60 bits per heavy atom. The maximum atomic E-state index is 13.4. The Morgan fingerprint density at radius 2 is 1.97 bits per heavy atom. The van der Waals surface area contributed by atoms with Crippen molar-refractivity contribution < 1.29 is 17.5 Å². The fourth-order valence-corrected chi connectivity index (χ4v) is 5.26. The highest BCUT2D eigenvalue weighted by Crippen LogP contribution is 2.25. The van der Waals surface area contributed by atoms with Crippen molar-refractivity contribution in [1.29, 1.82) is 0 Å². The second-order valence-electron chi connectivity index (χ2n) is 6.89. The van der Waals surface area contributed by atoms with E-state index in [9.17, 15) is 12.8 Å². The molecule has 2 unspecified atom stereocenters. The van der Waals surface area contributed by atoms with Crippen molar-refractivity contribution >= 4 is 26.5 Å². The van der Waals surface area contributed by atoms with Gasteiger partial charge in [0.15, 0.2) is 9.84 Å². The summed E-state index contributed by atoms with van der Waals surface area (Å²) in [5, 5.41) is 2.36. The van der Waals surface area contributed by atoms with Crippen molar-refractivity contribution in [3.05, 3.63) is 65.7 Å². The topological polar surface area (TPSA) is 107 Å². The summed E-state index contributed by atoms with van der Waals surface area (Å²) in [4.78, 5) is 4.52. The Hall–Kier alpha value is -2.56. The lowest BCUT2D eigenvalue weighted by Gasteiger charge is -2.20. The van der Waals surface area contributed by atoms with E-state index in [2.05, 4.69) is 14.7 Å². The van der Waals surface area contributed by atoms with E-state index in [1.807, 2.05) is 0 Å². The average molecular weight is 451 g/mol. The molecule has 0 fully saturated rings. The van der Waals surface area contributed by atoms with Gasteiger partial charge in [0.25, 0.3) is 0 Å². The third kappa shape index (κ3) is 5.53. The van der Waals surface area contributed by atoms with Crippen LogP contribution in [0.2, 0.25) is 0 Å². The molecule has 0 aliphatic rings. The van der Waals surface area contributed by atoms with Crippen molar-refractivity contribution in [2.75, 3.05) is 12.4 Å². The number of ether oxygens (including phenoxy) is 1. The number of benzene rings is 2. The van der Waals surface area contributed by atoms with E-state index < -0.39 is 15.2 Å². The minimum atomic E-state index is -3.73. The first-order valence-electron chi connectivity index (χ1n) is 9.25. The van der Waals surface area contributed by atoms with Gasteiger partial charge in [-0.25, -0.2) is 17.8 Å². The summed E-state index contributed by atoms with van der Waals surface area (Å²) < 4.78 is 49.0. The molecule has 3 aromatic rings. The van der Waals surface area contributed by atoms with Crippen LogP contribution in [0.5, 0.6) is 5.75 Å². The second-order valence-corrected chi connectivity index (χ2v) is 9.77. The van der Waals surface area contributed by atoms with Gasteiger partial charge in [-0.05, 0) is 55.3 Å². The summed E-state index contributed by atoms with van der Waals surface area (Å²) in [5.41, 5.74) is 6.63. The Kier molecular flexibility index (Phi) is 7.01. The maximum Gasteiger partial charge on any atom is 0.203 e. The number of sulfone groups is 1. The number of anilines is 1. The molecule has 0 saturated heterocycles. The molecule has 160 valence electrons. The third-order valence-corrected chi connectivity index (χ3v) is 7.02. The van der Waals surface area contributed by atoms with Crippen LogP contribution in [-0.2, 0) is 16.3 Å². The standard InChI is InChI=1S/C20H23FN4O3S2/c1-13(22)10-19(30(26,27)17-8-6-16(28-2)7-9-17)24-20-23-18(25-29-20)12-14-4-3-5-15(21)11-14/h3-9,11,13,19H,10,12,22H2,1-2H3,(H,23,24,25). The third-order valence-electron chi connectivity index (χ3n) is 4.35. The van der Waals surface area contributed by atoms with E-state index in [0.717, 1.165) is 17.1 Å². The molecule has 0 saturated carbocycles. The first-order valence-corrected chi connectivity index (χ1v) is 11.6. The number of methoxy groups -OCH3 is 1. The van der Waals surface area contributed by atoms with Crippen molar-refractivity contribution in [3.63, 3.8) is 0 Å². The lowest BCUT2D eigenvalue weighted by molar-refractivity contribution is 0.414. The van der Waals surface area contributed by atoms with Crippen molar-refractivity contribution in [2.45, 2.75) is 36.1 Å². The molecule has 3 N–H and O–H groups in total. The zero-order valence-electron chi connectivity index (χ0n) is 16.6. The smallest absolute Gasteiger partial charge is 0.203 e. The normalized spacial score (nSPS) is 13.6. The summed E-state index contributed by atoms with van der Waals surface area (Å²) in [6.07, 6.45) is 0.534. The van der Waals surface area contributed by atoms with E-state index in [4.69, 9.17) is 10.5 Å². The molecular weight excluding hydrogens is 427 g/mol. The Morgan fingerprint density at radius 1 is 1.23 bits per heavy atom. The van der Waals surface area contributed by atoms with Gasteiger partial charge < -0.3 is 15.8 Å². The number of nitrogens with one attached hydrogen (secondary N) is 1. The SMILES string of the molecule is COc1ccc(S(=O)(=O)C(CC(C)N)Nc2nc(Cc3cccc(F)c3)ns2)cc1. The van der Waals surface area contributed by atoms with E-state index in [1.165, 1.54) is 31.4 Å². The molecule has 10 heteroatoms. The van der Waals surface area contributed by atoms with E-state index in [-0.39, 0.29) is 23.2 Å². The molecule has 7 nitrogen and oxygen atoms in total. The molecule has 3 rings (SSSR count). The minimum absolute atomic E-state index is 0.158. The van der Waals surface area contributed by atoms with E-state index in [0.29, 0.717) is 23.1 Å². The van der Waals surface area contributed by atoms with Crippen LogP contribution in [0.25, 0.3) is 0 Å². The lowest BCUT2D eigenvalue weighted by Crippen LogP contribution is -2.35. The molecule has 0 aliphatic carbocycles. The van der Waals surface area contributed by atoms with Gasteiger partial charge >= 0.3 is 0 Å². The number of rotatable bonds is 9. The number of nitrogens with zero attached hydrogens (tertiary/aromatic N) is 2. The molecule has 2 aromatic carbocycles. The van der Waals surface area contributed by atoms with Gasteiger partial charge in [0, 0.05) is 24.0 Å². The molecule has 0 spiro atoms. The molecule has 2 atom stereocenters. The highest BCUT2D eigenvalue weighted by Gasteiger charge is 2.29. The molecule has 0 aliphatic heterocycles. The average Bonchev–Trinajstić information content (AvgIpc) is 3.14. The zero-order valence-corrected chi connectivity index (χ0v) is 18.2. The van der Waals surface area contributed by atoms with Crippen LogP contribution in [0.1, 0.15) is 24.7 Å². The first-order chi connectivity index (χ1) is 14.3. The molecule has 1 heterocycles.